The maximum Gasteiger partial charge on any atom is 0.243 e. The Morgan fingerprint density at radius 1 is 0.969 bits per heavy atom. The lowest BCUT2D eigenvalue weighted by atomic mass is 9.96. The van der Waals surface area contributed by atoms with Crippen molar-refractivity contribution in [3.8, 4) is 0 Å². The van der Waals surface area contributed by atoms with Gasteiger partial charge < -0.3 is 5.32 Å². The molecule has 1 N–H and O–H groups in total. The highest BCUT2D eigenvalue weighted by Crippen LogP contribution is 2.26. The number of benzene rings is 2. The largest absolute Gasteiger partial charge is 0.349 e. The predicted molar refractivity (Wildman–Crippen MR) is 123 cm³/mol. The summed E-state index contributed by atoms with van der Waals surface area (Å²) in [4.78, 5) is 13.4. The molecule has 1 aliphatic rings. The Labute approximate surface area is 190 Å². The van der Waals surface area contributed by atoms with Crippen LogP contribution in [0.4, 0.5) is 0 Å². The second kappa shape index (κ2) is 9.72. The van der Waals surface area contributed by atoms with E-state index in [-0.39, 0.29) is 27.7 Å². The summed E-state index contributed by atoms with van der Waals surface area (Å²) in [5.41, 5.74) is 1.84. The molecular formula is C23H30N2O5S2. The summed E-state index contributed by atoms with van der Waals surface area (Å²) in [6.07, 6.45) is 2.73. The van der Waals surface area contributed by atoms with E-state index in [2.05, 4.69) is 5.32 Å². The van der Waals surface area contributed by atoms with Crippen LogP contribution in [0.3, 0.4) is 0 Å². The van der Waals surface area contributed by atoms with E-state index >= 15 is 0 Å². The SMILES string of the molecule is CC[C@@H](NC(=O)C1CCN(S(=O)(=O)c2ccc(C)cc2)CC1)c1ccc(S(C)(=O)=O)cc1. The van der Waals surface area contributed by atoms with Gasteiger partial charge in [-0.15, -0.1) is 0 Å². The lowest BCUT2D eigenvalue weighted by Crippen LogP contribution is -2.43. The van der Waals surface area contributed by atoms with E-state index in [1.165, 1.54) is 4.31 Å². The fourth-order valence-electron chi connectivity index (χ4n) is 3.88. The normalized spacial score (nSPS) is 17.1. The number of aryl methyl sites for hydroxylation is 1. The van der Waals surface area contributed by atoms with E-state index in [1.807, 2.05) is 13.8 Å². The standard InChI is InChI=1S/C23H30N2O5S2/c1-4-22(18-7-11-20(12-8-18)31(3,27)28)24-23(26)19-13-15-25(16-14-19)32(29,30)21-9-5-17(2)6-10-21/h5-12,19,22H,4,13-16H2,1-3H3,(H,24,26)/t22-/m1/s1. The van der Waals surface area contributed by atoms with Crippen LogP contribution in [0, 0.1) is 12.8 Å². The van der Waals surface area contributed by atoms with Crippen molar-refractivity contribution in [1.82, 2.24) is 9.62 Å². The Morgan fingerprint density at radius 2 is 1.50 bits per heavy atom. The number of sulfonamides is 1. The lowest BCUT2D eigenvalue weighted by molar-refractivity contribution is -0.126. The number of piperidine rings is 1. The molecule has 9 heteroatoms. The Morgan fingerprint density at radius 3 is 2.00 bits per heavy atom. The molecule has 1 fully saturated rings. The molecule has 1 aliphatic heterocycles. The second-order valence-corrected chi connectivity index (χ2v) is 12.3. The summed E-state index contributed by atoms with van der Waals surface area (Å²) in [6.45, 7) is 4.46. The average molecular weight is 479 g/mol. The molecule has 174 valence electrons. The molecule has 1 heterocycles. The molecule has 1 amide bonds. The van der Waals surface area contributed by atoms with Crippen LogP contribution < -0.4 is 5.32 Å². The van der Waals surface area contributed by atoms with E-state index in [0.29, 0.717) is 32.4 Å². The summed E-state index contributed by atoms with van der Waals surface area (Å²) in [6, 6.07) is 13.1. The number of nitrogens with one attached hydrogen (secondary N) is 1. The number of carbonyl (C=O) groups is 1. The van der Waals surface area contributed by atoms with Crippen LogP contribution in [0.1, 0.15) is 43.4 Å². The third-order valence-corrected chi connectivity index (χ3v) is 8.96. The van der Waals surface area contributed by atoms with Crippen molar-refractivity contribution in [2.45, 2.75) is 48.9 Å². The van der Waals surface area contributed by atoms with Gasteiger partial charge in [0.2, 0.25) is 15.9 Å². The van der Waals surface area contributed by atoms with E-state index < -0.39 is 19.9 Å². The molecule has 0 spiro atoms. The van der Waals surface area contributed by atoms with Gasteiger partial charge in [0.15, 0.2) is 9.84 Å². The van der Waals surface area contributed by atoms with Crippen LogP contribution >= 0.6 is 0 Å². The molecule has 0 radical (unpaired) electrons. The van der Waals surface area contributed by atoms with Crippen LogP contribution in [0.15, 0.2) is 58.3 Å². The topological polar surface area (TPSA) is 101 Å². The number of hydrogen-bond donors (Lipinski definition) is 1. The number of carbonyl (C=O) groups excluding carboxylic acids is 1. The molecule has 0 aromatic heterocycles. The van der Waals surface area contributed by atoms with Gasteiger partial charge in [0.05, 0.1) is 15.8 Å². The summed E-state index contributed by atoms with van der Waals surface area (Å²) in [5, 5.41) is 3.05. The van der Waals surface area contributed by atoms with Gasteiger partial charge in [-0.25, -0.2) is 16.8 Å². The van der Waals surface area contributed by atoms with Crippen LogP contribution in [-0.4, -0.2) is 46.4 Å². The Hall–Kier alpha value is -2.23. The van der Waals surface area contributed by atoms with Gasteiger partial charge in [-0.1, -0.05) is 36.8 Å². The summed E-state index contributed by atoms with van der Waals surface area (Å²) < 4.78 is 50.5. The minimum absolute atomic E-state index is 0.101. The van der Waals surface area contributed by atoms with Gasteiger partial charge in [-0.3, -0.25) is 4.79 Å². The molecule has 2 aromatic carbocycles. The molecule has 1 saturated heterocycles. The van der Waals surface area contributed by atoms with E-state index in [1.54, 1.807) is 48.5 Å². The fourth-order valence-corrected chi connectivity index (χ4v) is 5.98. The minimum Gasteiger partial charge on any atom is -0.349 e. The first-order valence-corrected chi connectivity index (χ1v) is 14.0. The highest BCUT2D eigenvalue weighted by molar-refractivity contribution is 7.90. The molecule has 0 bridgehead atoms. The van der Waals surface area contributed by atoms with Crippen LogP contribution in [0.2, 0.25) is 0 Å². The highest BCUT2D eigenvalue weighted by atomic mass is 32.2. The molecule has 0 aliphatic carbocycles. The molecule has 0 saturated carbocycles. The van der Waals surface area contributed by atoms with Crippen molar-refractivity contribution in [3.05, 3.63) is 59.7 Å². The number of rotatable bonds is 7. The van der Waals surface area contributed by atoms with E-state index in [4.69, 9.17) is 0 Å². The molecule has 2 aromatic rings. The molecule has 0 unspecified atom stereocenters. The van der Waals surface area contributed by atoms with Crippen LogP contribution in [0.25, 0.3) is 0 Å². The van der Waals surface area contributed by atoms with Gasteiger partial charge in [0.25, 0.3) is 0 Å². The summed E-state index contributed by atoms with van der Waals surface area (Å²) in [5.74, 6) is -0.361. The Kier molecular flexibility index (Phi) is 7.42. The molecule has 7 nitrogen and oxygen atoms in total. The second-order valence-electron chi connectivity index (χ2n) is 8.30. The van der Waals surface area contributed by atoms with Crippen molar-refractivity contribution in [3.63, 3.8) is 0 Å². The number of sulfone groups is 1. The van der Waals surface area contributed by atoms with Crippen LogP contribution in [0.5, 0.6) is 0 Å². The Bertz CT molecular complexity index is 1150. The zero-order chi connectivity index (χ0) is 23.5. The van der Waals surface area contributed by atoms with E-state index in [9.17, 15) is 21.6 Å². The predicted octanol–water partition coefficient (Wildman–Crippen LogP) is 3.07. The lowest BCUT2D eigenvalue weighted by Gasteiger charge is -2.31. The van der Waals surface area contributed by atoms with Gasteiger partial charge in [0, 0.05) is 25.3 Å². The van der Waals surface area contributed by atoms with Gasteiger partial charge in [0.1, 0.15) is 0 Å². The smallest absolute Gasteiger partial charge is 0.243 e. The zero-order valence-electron chi connectivity index (χ0n) is 18.6. The van der Waals surface area contributed by atoms with Gasteiger partial charge in [-0.2, -0.15) is 4.31 Å². The first kappa shape index (κ1) is 24.4. The van der Waals surface area contributed by atoms with Crippen molar-refractivity contribution >= 4 is 25.8 Å². The van der Waals surface area contributed by atoms with Crippen LogP contribution in [-0.2, 0) is 24.7 Å². The third kappa shape index (κ3) is 5.57. The average Bonchev–Trinajstić information content (AvgIpc) is 2.77. The highest BCUT2D eigenvalue weighted by Gasteiger charge is 2.32. The quantitative estimate of drug-likeness (QED) is 0.659. The first-order chi connectivity index (χ1) is 15.0. The third-order valence-electron chi connectivity index (χ3n) is 5.92. The molecular weight excluding hydrogens is 448 g/mol. The molecule has 32 heavy (non-hydrogen) atoms. The molecule has 3 rings (SSSR count). The monoisotopic (exact) mass is 478 g/mol. The van der Waals surface area contributed by atoms with Crippen molar-refractivity contribution in [2.75, 3.05) is 19.3 Å². The van der Waals surface area contributed by atoms with Crippen molar-refractivity contribution in [1.29, 1.82) is 0 Å². The maximum atomic E-state index is 12.9. The molecule has 1 atom stereocenters. The summed E-state index contributed by atoms with van der Waals surface area (Å²) >= 11 is 0. The minimum atomic E-state index is -3.56. The number of hydrogen-bond acceptors (Lipinski definition) is 5. The van der Waals surface area contributed by atoms with Gasteiger partial charge >= 0.3 is 0 Å². The fraction of sp³-hybridized carbons (Fsp3) is 0.435. The first-order valence-electron chi connectivity index (χ1n) is 10.7. The number of nitrogens with zero attached hydrogens (tertiary/aromatic N) is 1. The number of amides is 1. The van der Waals surface area contributed by atoms with E-state index in [0.717, 1.165) is 17.4 Å². The summed E-state index contributed by atoms with van der Waals surface area (Å²) in [7, 11) is -6.84. The van der Waals surface area contributed by atoms with Crippen molar-refractivity contribution < 1.29 is 21.6 Å². The van der Waals surface area contributed by atoms with Gasteiger partial charge in [-0.05, 0) is 56.0 Å². The Balaban J connectivity index is 1.61. The zero-order valence-corrected chi connectivity index (χ0v) is 20.2. The maximum absolute atomic E-state index is 12.9. The van der Waals surface area contributed by atoms with Crippen molar-refractivity contribution in [2.24, 2.45) is 5.92 Å².